The number of aliphatic carboxylic acids is 2. The number of benzene rings is 2. The number of allylic oxidation sites excluding steroid dienone is 4. The van der Waals surface area contributed by atoms with E-state index < -0.39 is 27.0 Å². The van der Waals surface area contributed by atoms with Gasteiger partial charge in [-0.3, -0.25) is 14.4 Å². The normalized spacial score (nSPS) is 15.0. The quantitative estimate of drug-likeness (QED) is 0.253. The average molecular weight is 556 g/mol. The van der Waals surface area contributed by atoms with Crippen LogP contribution in [-0.4, -0.2) is 65.6 Å². The fourth-order valence-electron chi connectivity index (χ4n) is 4.23. The van der Waals surface area contributed by atoms with Crippen LogP contribution in [0.25, 0.3) is 5.57 Å². The monoisotopic (exact) mass is 555 g/mol. The van der Waals surface area contributed by atoms with Gasteiger partial charge in [-0.05, 0) is 72.0 Å². The number of hydrogen-bond acceptors (Lipinski definition) is 9. The van der Waals surface area contributed by atoms with Crippen LogP contribution < -0.4 is 10.6 Å². The fraction of sp³-hybridized carbons (Fsp3) is 0.222. The smallest absolute Gasteiger partial charge is 0.317 e. The summed E-state index contributed by atoms with van der Waals surface area (Å²) in [6, 6.07) is 8.71. The molecule has 0 spiro atoms. The number of rotatable bonds is 11. The van der Waals surface area contributed by atoms with Crippen LogP contribution in [0.3, 0.4) is 0 Å². The Bertz CT molecular complexity index is 1540. The predicted molar refractivity (Wildman–Crippen MR) is 140 cm³/mol. The van der Waals surface area contributed by atoms with E-state index in [9.17, 15) is 32.5 Å². The molecule has 11 nitrogen and oxygen atoms in total. The van der Waals surface area contributed by atoms with E-state index >= 15 is 0 Å². The Hall–Kier alpha value is -4.10. The number of carboxylic acid groups (broad SMARTS) is 2. The molecule has 0 radical (unpaired) electrons. The van der Waals surface area contributed by atoms with Crippen molar-refractivity contribution >= 4 is 33.4 Å². The number of carboxylic acids is 2. The van der Waals surface area contributed by atoms with Crippen LogP contribution >= 0.6 is 0 Å². The van der Waals surface area contributed by atoms with Crippen molar-refractivity contribution in [2.45, 2.75) is 25.3 Å². The zero-order chi connectivity index (χ0) is 28.9. The molecule has 0 atom stereocenters. The van der Waals surface area contributed by atoms with E-state index in [4.69, 9.17) is 10.2 Å². The lowest BCUT2D eigenvalue weighted by Crippen LogP contribution is -2.28. The van der Waals surface area contributed by atoms with E-state index in [0.717, 1.165) is 0 Å². The molecule has 5 N–H and O–H groups in total. The van der Waals surface area contributed by atoms with Crippen LogP contribution in [-0.2, 0) is 31.0 Å². The molecule has 12 heteroatoms. The molecule has 0 amide bonds. The number of aryl methyl sites for hydroxylation is 1. The van der Waals surface area contributed by atoms with Crippen molar-refractivity contribution in [3.63, 3.8) is 0 Å². The van der Waals surface area contributed by atoms with Gasteiger partial charge in [0.1, 0.15) is 15.9 Å². The molecule has 0 aliphatic heterocycles. The van der Waals surface area contributed by atoms with E-state index in [1.54, 1.807) is 32.0 Å². The highest BCUT2D eigenvalue weighted by atomic mass is 32.2. The van der Waals surface area contributed by atoms with Crippen molar-refractivity contribution in [3.05, 3.63) is 87.5 Å². The molecule has 0 saturated heterocycles. The van der Waals surface area contributed by atoms with Crippen LogP contribution in [0.5, 0.6) is 5.75 Å². The number of Topliss-reactive ketones (excluding diaryl/α,β-unsaturated/α-hetero) is 1. The van der Waals surface area contributed by atoms with Crippen molar-refractivity contribution in [1.29, 1.82) is 0 Å². The largest absolute Gasteiger partial charge is 0.744 e. The van der Waals surface area contributed by atoms with Crippen molar-refractivity contribution in [3.8, 4) is 5.75 Å². The molecular formula is C27H27N2O9S-. The molecule has 0 saturated carbocycles. The Kier molecular flexibility index (Phi) is 9.20. The van der Waals surface area contributed by atoms with Crippen molar-refractivity contribution in [2.24, 2.45) is 0 Å². The highest BCUT2D eigenvalue weighted by molar-refractivity contribution is 7.85. The third-order valence-corrected chi connectivity index (χ3v) is 6.81. The number of nitrogens with one attached hydrogen (secondary N) is 2. The molecule has 0 aromatic heterocycles. The minimum atomic E-state index is -4.94. The van der Waals surface area contributed by atoms with Crippen LogP contribution in [0.2, 0.25) is 0 Å². The SMILES string of the molecule is CC1=CC(=C(c2cc(C)c(O)c(CNCC(=O)O)c2)c2ccccc2S(=O)(=O)[O-])C=C(CNCC(=O)O)C1=O. The maximum Gasteiger partial charge on any atom is 0.317 e. The summed E-state index contributed by atoms with van der Waals surface area (Å²) < 4.78 is 36.7. The van der Waals surface area contributed by atoms with Crippen molar-refractivity contribution < 1.29 is 42.7 Å². The van der Waals surface area contributed by atoms with Crippen LogP contribution in [0.1, 0.15) is 29.2 Å². The highest BCUT2D eigenvalue weighted by Crippen LogP contribution is 2.37. The molecule has 2 aromatic rings. The minimum absolute atomic E-state index is 0.0233. The van der Waals surface area contributed by atoms with E-state index in [0.29, 0.717) is 27.8 Å². The molecule has 2 aromatic carbocycles. The topological polar surface area (TPSA) is 193 Å². The van der Waals surface area contributed by atoms with Gasteiger partial charge in [0.05, 0.1) is 18.0 Å². The van der Waals surface area contributed by atoms with E-state index in [1.165, 1.54) is 30.4 Å². The van der Waals surface area contributed by atoms with Gasteiger partial charge < -0.3 is 30.5 Å². The van der Waals surface area contributed by atoms with E-state index in [2.05, 4.69) is 10.6 Å². The molecule has 0 unspecified atom stereocenters. The first-order valence-electron chi connectivity index (χ1n) is 11.7. The number of carbonyl (C=O) groups is 3. The molecule has 3 rings (SSSR count). The molecule has 39 heavy (non-hydrogen) atoms. The summed E-state index contributed by atoms with van der Waals surface area (Å²) in [4.78, 5) is 34.2. The van der Waals surface area contributed by atoms with Gasteiger partial charge in [0.2, 0.25) is 0 Å². The number of phenolic OH excluding ortho intramolecular Hbond substituents is 1. The van der Waals surface area contributed by atoms with Crippen LogP contribution in [0, 0.1) is 6.92 Å². The molecule has 0 bridgehead atoms. The second-order valence-electron chi connectivity index (χ2n) is 8.90. The van der Waals surface area contributed by atoms with Crippen LogP contribution in [0.15, 0.2) is 70.2 Å². The first-order chi connectivity index (χ1) is 18.3. The van der Waals surface area contributed by atoms with Gasteiger partial charge in [0, 0.05) is 29.8 Å². The standard InChI is InChI=1S/C27H28N2O9S/c1-15-7-17(9-19(26(15)34)11-28-13-23(30)31)25(21-5-3-4-6-22(21)39(36,37)38)18-8-16(2)27(35)20(10-18)12-29-14-24(32)33/h3-10,28-29,34H,11-14H2,1-2H3,(H,30,31)(H,32,33)(H,36,37,38)/p-1. The third kappa shape index (κ3) is 7.27. The summed E-state index contributed by atoms with van der Waals surface area (Å²) in [7, 11) is -4.94. The number of hydrogen-bond donors (Lipinski definition) is 5. The van der Waals surface area contributed by atoms with Gasteiger partial charge in [-0.1, -0.05) is 18.2 Å². The van der Waals surface area contributed by atoms with Gasteiger partial charge in [0.15, 0.2) is 5.78 Å². The molecule has 1 aliphatic rings. The zero-order valence-electron chi connectivity index (χ0n) is 21.1. The minimum Gasteiger partial charge on any atom is -0.744 e. The van der Waals surface area contributed by atoms with Crippen molar-refractivity contribution in [1.82, 2.24) is 10.6 Å². The summed E-state index contributed by atoms with van der Waals surface area (Å²) >= 11 is 0. The van der Waals surface area contributed by atoms with Gasteiger partial charge in [-0.2, -0.15) is 0 Å². The van der Waals surface area contributed by atoms with Gasteiger partial charge in [0.25, 0.3) is 0 Å². The number of aromatic hydroxyl groups is 1. The second kappa shape index (κ2) is 12.2. The first-order valence-corrected chi connectivity index (χ1v) is 13.1. The number of ketones is 1. The summed E-state index contributed by atoms with van der Waals surface area (Å²) in [5, 5.41) is 33.9. The van der Waals surface area contributed by atoms with E-state index in [-0.39, 0.29) is 54.4 Å². The summed E-state index contributed by atoms with van der Waals surface area (Å²) in [5.74, 6) is -2.63. The molecule has 1 aliphatic carbocycles. The summed E-state index contributed by atoms with van der Waals surface area (Å²) in [6.45, 7) is 2.32. The number of phenols is 1. The first kappa shape index (κ1) is 29.5. The number of carbonyl (C=O) groups excluding carboxylic acids is 1. The van der Waals surface area contributed by atoms with Gasteiger partial charge in [-0.15, -0.1) is 0 Å². The maximum absolute atomic E-state index is 12.8. The fourth-order valence-corrected chi connectivity index (χ4v) is 4.92. The maximum atomic E-state index is 12.8. The highest BCUT2D eigenvalue weighted by Gasteiger charge is 2.23. The molecule has 0 heterocycles. The Labute approximate surface area is 224 Å². The molecule has 0 fully saturated rings. The van der Waals surface area contributed by atoms with Crippen LogP contribution in [0.4, 0.5) is 0 Å². The molecular weight excluding hydrogens is 528 g/mol. The Balaban J connectivity index is 2.32. The summed E-state index contributed by atoms with van der Waals surface area (Å²) in [5.41, 5.74) is 2.37. The second-order valence-corrected chi connectivity index (χ2v) is 10.3. The zero-order valence-corrected chi connectivity index (χ0v) is 22.0. The lowest BCUT2D eigenvalue weighted by molar-refractivity contribution is -0.137. The predicted octanol–water partition coefficient (Wildman–Crippen LogP) is 1.71. The van der Waals surface area contributed by atoms with Crippen molar-refractivity contribution in [2.75, 3.05) is 19.6 Å². The lowest BCUT2D eigenvalue weighted by Gasteiger charge is -2.22. The lowest BCUT2D eigenvalue weighted by atomic mass is 9.85. The Morgan fingerprint density at radius 2 is 1.56 bits per heavy atom. The van der Waals surface area contributed by atoms with Gasteiger partial charge >= 0.3 is 11.9 Å². The van der Waals surface area contributed by atoms with Gasteiger partial charge in [-0.25, -0.2) is 8.42 Å². The third-order valence-electron chi connectivity index (χ3n) is 5.92. The van der Waals surface area contributed by atoms with E-state index in [1.807, 2.05) is 0 Å². The summed E-state index contributed by atoms with van der Waals surface area (Å²) in [6.07, 6.45) is 3.04. The Morgan fingerprint density at radius 1 is 0.949 bits per heavy atom. The molecule has 206 valence electrons. The average Bonchev–Trinajstić information content (AvgIpc) is 2.84. The Morgan fingerprint density at radius 3 is 2.18 bits per heavy atom.